The van der Waals surface area contributed by atoms with E-state index in [-0.39, 0.29) is 36.4 Å². The third-order valence-corrected chi connectivity index (χ3v) is 4.07. The second-order valence-electron chi connectivity index (χ2n) is 6.55. The number of halogens is 1. The maximum atomic E-state index is 12.0. The monoisotopic (exact) mass is 444 g/mol. The van der Waals surface area contributed by atoms with Gasteiger partial charge in [-0.05, 0) is 36.8 Å². The van der Waals surface area contributed by atoms with Crippen molar-refractivity contribution in [3.8, 4) is 0 Å². The van der Waals surface area contributed by atoms with Crippen LogP contribution >= 0.6 is 24.0 Å². The molecule has 24 heavy (non-hydrogen) atoms. The highest BCUT2D eigenvalue weighted by atomic mass is 127. The second kappa shape index (κ2) is 10.5. The number of carbonyl (C=O) groups excluding carboxylic acids is 1. The van der Waals surface area contributed by atoms with Crippen molar-refractivity contribution < 1.29 is 4.79 Å². The molecule has 1 heterocycles. The van der Waals surface area contributed by atoms with Crippen molar-refractivity contribution in [2.24, 2.45) is 16.8 Å². The van der Waals surface area contributed by atoms with E-state index in [4.69, 9.17) is 0 Å². The Hall–Kier alpha value is -1.31. The third kappa shape index (κ3) is 6.67. The minimum atomic E-state index is -0.0599. The molecule has 0 aliphatic carbocycles. The topological polar surface area (TPSA) is 56.7 Å². The largest absolute Gasteiger partial charge is 0.347 e. The van der Waals surface area contributed by atoms with Crippen LogP contribution in [-0.2, 0) is 4.79 Å². The van der Waals surface area contributed by atoms with Crippen molar-refractivity contribution in [2.75, 3.05) is 32.0 Å². The molecule has 1 fully saturated rings. The van der Waals surface area contributed by atoms with Gasteiger partial charge in [-0.2, -0.15) is 0 Å². The molecule has 134 valence electrons. The summed E-state index contributed by atoms with van der Waals surface area (Å²) in [7, 11) is 1.77. The van der Waals surface area contributed by atoms with Gasteiger partial charge >= 0.3 is 0 Å². The van der Waals surface area contributed by atoms with Gasteiger partial charge in [0.2, 0.25) is 5.91 Å². The number of para-hydroxylation sites is 1. The first kappa shape index (κ1) is 20.7. The summed E-state index contributed by atoms with van der Waals surface area (Å²) in [6.45, 7) is 6.80. The first-order chi connectivity index (χ1) is 11.1. The number of anilines is 1. The van der Waals surface area contributed by atoms with Crippen LogP contribution in [0.25, 0.3) is 0 Å². The van der Waals surface area contributed by atoms with E-state index in [0.717, 1.165) is 36.6 Å². The fraction of sp³-hybridized carbons (Fsp3) is 0.556. The molecular formula is C18H29IN4O. The minimum absolute atomic E-state index is 0. The molecule has 2 rings (SSSR count). The summed E-state index contributed by atoms with van der Waals surface area (Å²) in [4.78, 5) is 18.6. The van der Waals surface area contributed by atoms with Gasteiger partial charge in [0.05, 0.1) is 6.54 Å². The van der Waals surface area contributed by atoms with Gasteiger partial charge in [0.25, 0.3) is 0 Å². The lowest BCUT2D eigenvalue weighted by Crippen LogP contribution is -2.43. The SMILES string of the molecule is CN=C(NCC(=O)Nc1ccccc1)N1CCC(CC(C)C)C1.I. The number of hydrogen-bond acceptors (Lipinski definition) is 2. The van der Waals surface area contributed by atoms with Crippen LogP contribution in [0.1, 0.15) is 26.7 Å². The average molecular weight is 444 g/mol. The summed E-state index contributed by atoms with van der Waals surface area (Å²) in [5.41, 5.74) is 0.812. The van der Waals surface area contributed by atoms with Crippen LogP contribution in [-0.4, -0.2) is 43.4 Å². The number of carbonyl (C=O) groups is 1. The number of aliphatic imine (C=N–C) groups is 1. The molecule has 0 saturated carbocycles. The van der Waals surface area contributed by atoms with Crippen molar-refractivity contribution in [3.63, 3.8) is 0 Å². The molecule has 1 atom stereocenters. The number of hydrogen-bond donors (Lipinski definition) is 2. The normalized spacial score (nSPS) is 17.6. The zero-order valence-electron chi connectivity index (χ0n) is 14.8. The van der Waals surface area contributed by atoms with Crippen LogP contribution in [0.5, 0.6) is 0 Å². The molecule has 1 amide bonds. The Balaban J connectivity index is 0.00000288. The van der Waals surface area contributed by atoms with E-state index in [1.807, 2.05) is 30.3 Å². The number of likely N-dealkylation sites (tertiary alicyclic amines) is 1. The number of nitrogens with one attached hydrogen (secondary N) is 2. The predicted octanol–water partition coefficient (Wildman–Crippen LogP) is 3.19. The second-order valence-corrected chi connectivity index (χ2v) is 6.55. The summed E-state index contributed by atoms with van der Waals surface area (Å²) < 4.78 is 0. The minimum Gasteiger partial charge on any atom is -0.347 e. The summed E-state index contributed by atoms with van der Waals surface area (Å²) in [5.74, 6) is 2.22. The maximum Gasteiger partial charge on any atom is 0.243 e. The van der Waals surface area contributed by atoms with Crippen molar-refractivity contribution >= 4 is 41.5 Å². The highest BCUT2D eigenvalue weighted by Crippen LogP contribution is 2.23. The Bertz CT molecular complexity index is 533. The summed E-state index contributed by atoms with van der Waals surface area (Å²) in [6.07, 6.45) is 2.46. The first-order valence-corrected chi connectivity index (χ1v) is 8.39. The number of benzene rings is 1. The first-order valence-electron chi connectivity index (χ1n) is 8.39. The lowest BCUT2D eigenvalue weighted by molar-refractivity contribution is -0.115. The van der Waals surface area contributed by atoms with Crippen LogP contribution in [0.15, 0.2) is 35.3 Å². The smallest absolute Gasteiger partial charge is 0.243 e. The fourth-order valence-corrected chi connectivity index (χ4v) is 3.10. The zero-order valence-corrected chi connectivity index (χ0v) is 17.1. The predicted molar refractivity (Wildman–Crippen MR) is 111 cm³/mol. The third-order valence-electron chi connectivity index (χ3n) is 4.07. The van der Waals surface area contributed by atoms with Gasteiger partial charge in [-0.15, -0.1) is 24.0 Å². The summed E-state index contributed by atoms with van der Waals surface area (Å²) in [5, 5.41) is 6.04. The Morgan fingerprint density at radius 1 is 1.33 bits per heavy atom. The zero-order chi connectivity index (χ0) is 16.7. The van der Waals surface area contributed by atoms with Gasteiger partial charge in [0.1, 0.15) is 0 Å². The van der Waals surface area contributed by atoms with Crippen molar-refractivity contribution in [2.45, 2.75) is 26.7 Å². The van der Waals surface area contributed by atoms with Gasteiger partial charge in [-0.25, -0.2) is 0 Å². The Kier molecular flexibility index (Phi) is 9.10. The Morgan fingerprint density at radius 3 is 2.67 bits per heavy atom. The van der Waals surface area contributed by atoms with Crippen LogP contribution in [0, 0.1) is 11.8 Å². The lowest BCUT2D eigenvalue weighted by atomic mass is 9.97. The van der Waals surface area contributed by atoms with Crippen LogP contribution in [0.3, 0.4) is 0 Å². The summed E-state index contributed by atoms with van der Waals surface area (Å²) >= 11 is 0. The van der Waals surface area contributed by atoms with E-state index in [2.05, 4.69) is 34.4 Å². The highest BCUT2D eigenvalue weighted by molar-refractivity contribution is 14.0. The molecule has 1 aliphatic rings. The van der Waals surface area contributed by atoms with Gasteiger partial charge in [0.15, 0.2) is 5.96 Å². The molecular weight excluding hydrogens is 415 g/mol. The van der Waals surface area contributed by atoms with E-state index in [1.165, 1.54) is 12.8 Å². The summed E-state index contributed by atoms with van der Waals surface area (Å²) in [6, 6.07) is 9.49. The molecule has 1 aromatic rings. The lowest BCUT2D eigenvalue weighted by Gasteiger charge is -2.22. The molecule has 0 radical (unpaired) electrons. The van der Waals surface area contributed by atoms with Gasteiger partial charge in [0, 0.05) is 25.8 Å². The molecule has 0 bridgehead atoms. The van der Waals surface area contributed by atoms with E-state index < -0.39 is 0 Å². The molecule has 2 N–H and O–H groups in total. The van der Waals surface area contributed by atoms with Crippen molar-refractivity contribution in [1.82, 2.24) is 10.2 Å². The van der Waals surface area contributed by atoms with E-state index >= 15 is 0 Å². The Morgan fingerprint density at radius 2 is 2.04 bits per heavy atom. The van der Waals surface area contributed by atoms with Gasteiger partial charge in [-0.3, -0.25) is 9.79 Å². The van der Waals surface area contributed by atoms with Crippen LogP contribution < -0.4 is 10.6 Å². The molecule has 0 spiro atoms. The van der Waals surface area contributed by atoms with Crippen LogP contribution in [0.2, 0.25) is 0 Å². The number of amides is 1. The molecule has 1 saturated heterocycles. The van der Waals surface area contributed by atoms with E-state index in [0.29, 0.717) is 0 Å². The van der Waals surface area contributed by atoms with Crippen molar-refractivity contribution in [3.05, 3.63) is 30.3 Å². The quantitative estimate of drug-likeness (QED) is 0.417. The highest BCUT2D eigenvalue weighted by Gasteiger charge is 2.25. The average Bonchev–Trinajstić information content (AvgIpc) is 2.96. The number of nitrogens with zero attached hydrogens (tertiary/aromatic N) is 2. The standard InChI is InChI=1S/C18H28N4O.HI/c1-14(2)11-15-9-10-22(13-15)18(19-3)20-12-17(23)21-16-7-5-4-6-8-16;/h4-8,14-15H,9-13H2,1-3H3,(H,19,20)(H,21,23);1H. The maximum absolute atomic E-state index is 12.0. The van der Waals surface area contributed by atoms with Crippen molar-refractivity contribution in [1.29, 1.82) is 0 Å². The molecule has 1 aromatic carbocycles. The fourth-order valence-electron chi connectivity index (χ4n) is 3.10. The van der Waals surface area contributed by atoms with Gasteiger partial charge < -0.3 is 15.5 Å². The molecule has 5 nitrogen and oxygen atoms in total. The Labute approximate surface area is 162 Å². The van der Waals surface area contributed by atoms with E-state index in [1.54, 1.807) is 7.05 Å². The molecule has 0 aromatic heterocycles. The van der Waals surface area contributed by atoms with E-state index in [9.17, 15) is 4.79 Å². The molecule has 1 unspecified atom stereocenters. The number of rotatable bonds is 5. The number of guanidine groups is 1. The molecule has 1 aliphatic heterocycles. The van der Waals surface area contributed by atoms with Crippen LogP contribution in [0.4, 0.5) is 5.69 Å². The molecule has 6 heteroatoms. The van der Waals surface area contributed by atoms with Gasteiger partial charge in [-0.1, -0.05) is 32.0 Å².